The van der Waals surface area contributed by atoms with Gasteiger partial charge in [-0.25, -0.2) is 9.79 Å². The first-order valence-corrected chi connectivity index (χ1v) is 14.0. The van der Waals surface area contributed by atoms with Crippen molar-refractivity contribution in [1.82, 2.24) is 4.90 Å². The fraction of sp³-hybridized carbons (Fsp3) is 0.290. The highest BCUT2D eigenvalue weighted by molar-refractivity contribution is 8.15. The van der Waals surface area contributed by atoms with Crippen LogP contribution in [-0.4, -0.2) is 46.3 Å². The van der Waals surface area contributed by atoms with Crippen molar-refractivity contribution in [1.29, 1.82) is 0 Å². The number of ether oxygens (including phenoxy) is 1. The Morgan fingerprint density at radius 2 is 1.79 bits per heavy atom. The number of benzene rings is 3. The Labute approximate surface area is 233 Å². The van der Waals surface area contributed by atoms with Crippen LogP contribution in [0.5, 0.6) is 0 Å². The molecule has 2 amide bonds. The second kappa shape index (κ2) is 13.2. The van der Waals surface area contributed by atoms with E-state index in [1.54, 1.807) is 36.1 Å². The van der Waals surface area contributed by atoms with Crippen LogP contribution in [0.25, 0.3) is 0 Å². The smallest absolute Gasteiger partial charge is 0.338 e. The number of aliphatic imine (C=N–C) groups is 1. The van der Waals surface area contributed by atoms with Crippen LogP contribution in [0.15, 0.2) is 77.8 Å². The molecule has 1 aliphatic heterocycles. The van der Waals surface area contributed by atoms with E-state index in [1.165, 1.54) is 17.3 Å². The molecule has 0 aromatic heterocycles. The third-order valence-corrected chi connectivity index (χ3v) is 7.55. The molecule has 1 saturated heterocycles. The second-order valence-electron chi connectivity index (χ2n) is 9.41. The SMILES string of the molecule is CCOC(=O)c1ccc(N=C2SC(C(=O)Nc3ccc(C)cc3C)CC(=O)N2CCCc2ccccc2)cc1. The molecule has 1 aliphatic rings. The van der Waals surface area contributed by atoms with E-state index in [2.05, 4.69) is 17.4 Å². The molecule has 1 fully saturated rings. The van der Waals surface area contributed by atoms with E-state index in [0.29, 0.717) is 29.6 Å². The Balaban J connectivity index is 1.54. The second-order valence-corrected chi connectivity index (χ2v) is 10.6. The molecule has 8 heteroatoms. The van der Waals surface area contributed by atoms with Crippen LogP contribution < -0.4 is 5.32 Å². The fourth-order valence-electron chi connectivity index (χ4n) is 4.31. The average molecular weight is 544 g/mol. The van der Waals surface area contributed by atoms with Gasteiger partial charge in [0, 0.05) is 18.7 Å². The van der Waals surface area contributed by atoms with Crippen molar-refractivity contribution < 1.29 is 19.1 Å². The lowest BCUT2D eigenvalue weighted by Gasteiger charge is -2.32. The monoisotopic (exact) mass is 543 g/mol. The van der Waals surface area contributed by atoms with Gasteiger partial charge in [-0.05, 0) is 75.1 Å². The zero-order chi connectivity index (χ0) is 27.8. The molecular weight excluding hydrogens is 510 g/mol. The molecule has 0 radical (unpaired) electrons. The minimum Gasteiger partial charge on any atom is -0.462 e. The molecule has 0 aliphatic carbocycles. The Morgan fingerprint density at radius 1 is 1.05 bits per heavy atom. The van der Waals surface area contributed by atoms with Crippen molar-refractivity contribution in [3.63, 3.8) is 0 Å². The van der Waals surface area contributed by atoms with Crippen molar-refractivity contribution >= 4 is 46.1 Å². The number of hydrogen-bond donors (Lipinski definition) is 1. The van der Waals surface area contributed by atoms with E-state index in [9.17, 15) is 14.4 Å². The first-order chi connectivity index (χ1) is 18.8. The highest BCUT2D eigenvalue weighted by atomic mass is 32.2. The third kappa shape index (κ3) is 7.57. The van der Waals surface area contributed by atoms with Gasteiger partial charge in [0.1, 0.15) is 5.25 Å². The largest absolute Gasteiger partial charge is 0.462 e. The molecule has 0 spiro atoms. The van der Waals surface area contributed by atoms with Gasteiger partial charge in [-0.1, -0.05) is 59.8 Å². The molecule has 1 unspecified atom stereocenters. The normalized spacial score (nSPS) is 16.3. The van der Waals surface area contributed by atoms with Crippen LogP contribution in [0, 0.1) is 13.8 Å². The minimum atomic E-state index is -0.610. The molecule has 7 nitrogen and oxygen atoms in total. The van der Waals surface area contributed by atoms with Gasteiger partial charge in [0.15, 0.2) is 5.17 Å². The molecule has 202 valence electrons. The van der Waals surface area contributed by atoms with Crippen LogP contribution in [0.4, 0.5) is 11.4 Å². The van der Waals surface area contributed by atoms with Crippen LogP contribution in [-0.2, 0) is 20.7 Å². The number of anilines is 1. The third-order valence-electron chi connectivity index (χ3n) is 6.37. The summed E-state index contributed by atoms with van der Waals surface area (Å²) in [5, 5.41) is 2.85. The Morgan fingerprint density at radius 3 is 2.49 bits per heavy atom. The van der Waals surface area contributed by atoms with Gasteiger partial charge < -0.3 is 10.1 Å². The molecular formula is C31H33N3O4S. The summed E-state index contributed by atoms with van der Waals surface area (Å²) in [4.78, 5) is 45.0. The number of nitrogens with zero attached hydrogens (tertiary/aromatic N) is 2. The van der Waals surface area contributed by atoms with Gasteiger partial charge in [-0.2, -0.15) is 0 Å². The van der Waals surface area contributed by atoms with Crippen molar-refractivity contribution in [2.45, 2.75) is 45.3 Å². The van der Waals surface area contributed by atoms with Gasteiger partial charge in [0.25, 0.3) is 0 Å². The van der Waals surface area contributed by atoms with Crippen molar-refractivity contribution in [3.05, 3.63) is 95.1 Å². The summed E-state index contributed by atoms with van der Waals surface area (Å²) in [6, 6.07) is 22.7. The van der Waals surface area contributed by atoms with E-state index in [1.807, 2.05) is 50.2 Å². The van der Waals surface area contributed by atoms with E-state index in [4.69, 9.17) is 9.73 Å². The number of carbonyl (C=O) groups excluding carboxylic acids is 3. The number of aryl methyl sites for hydroxylation is 3. The molecule has 1 atom stereocenters. The number of nitrogens with one attached hydrogen (secondary N) is 1. The number of carbonyl (C=O) groups is 3. The Bertz CT molecular complexity index is 1360. The van der Waals surface area contributed by atoms with Crippen LogP contribution in [0.2, 0.25) is 0 Å². The summed E-state index contributed by atoms with van der Waals surface area (Å²) in [7, 11) is 0. The number of amidine groups is 1. The summed E-state index contributed by atoms with van der Waals surface area (Å²) < 4.78 is 5.06. The minimum absolute atomic E-state index is 0.0908. The molecule has 3 aromatic carbocycles. The van der Waals surface area contributed by atoms with E-state index in [-0.39, 0.29) is 18.2 Å². The van der Waals surface area contributed by atoms with Gasteiger partial charge in [0.05, 0.1) is 17.9 Å². The Hall–Kier alpha value is -3.91. The maximum absolute atomic E-state index is 13.3. The van der Waals surface area contributed by atoms with Crippen molar-refractivity contribution in [2.75, 3.05) is 18.5 Å². The van der Waals surface area contributed by atoms with E-state index in [0.717, 1.165) is 29.7 Å². The molecule has 0 bridgehead atoms. The van der Waals surface area contributed by atoms with Gasteiger partial charge in [-0.15, -0.1) is 0 Å². The van der Waals surface area contributed by atoms with Crippen LogP contribution >= 0.6 is 11.8 Å². The topological polar surface area (TPSA) is 88.1 Å². The van der Waals surface area contributed by atoms with Gasteiger partial charge in [0.2, 0.25) is 11.8 Å². The van der Waals surface area contributed by atoms with Crippen LogP contribution in [0.1, 0.15) is 46.8 Å². The lowest BCUT2D eigenvalue weighted by atomic mass is 10.1. The fourth-order valence-corrected chi connectivity index (χ4v) is 5.44. The molecule has 1 heterocycles. The number of thioether (sulfide) groups is 1. The number of rotatable bonds is 9. The maximum atomic E-state index is 13.3. The lowest BCUT2D eigenvalue weighted by Crippen LogP contribution is -2.45. The number of esters is 1. The summed E-state index contributed by atoms with van der Waals surface area (Å²) in [5.74, 6) is -0.760. The lowest BCUT2D eigenvalue weighted by molar-refractivity contribution is -0.129. The molecule has 1 N–H and O–H groups in total. The zero-order valence-electron chi connectivity index (χ0n) is 22.5. The number of hydrogen-bond acceptors (Lipinski definition) is 6. The summed E-state index contributed by atoms with van der Waals surface area (Å²) in [5.41, 5.74) is 5.03. The molecule has 3 aromatic rings. The van der Waals surface area contributed by atoms with Crippen molar-refractivity contribution in [3.8, 4) is 0 Å². The summed E-state index contributed by atoms with van der Waals surface area (Å²) >= 11 is 1.29. The van der Waals surface area contributed by atoms with Crippen molar-refractivity contribution in [2.24, 2.45) is 4.99 Å². The maximum Gasteiger partial charge on any atom is 0.338 e. The van der Waals surface area contributed by atoms with Crippen LogP contribution in [0.3, 0.4) is 0 Å². The highest BCUT2D eigenvalue weighted by Gasteiger charge is 2.35. The quantitative estimate of drug-likeness (QED) is 0.331. The van der Waals surface area contributed by atoms with E-state index >= 15 is 0 Å². The average Bonchev–Trinajstić information content (AvgIpc) is 2.92. The predicted molar refractivity (Wildman–Crippen MR) is 157 cm³/mol. The number of amides is 2. The zero-order valence-corrected chi connectivity index (χ0v) is 23.3. The molecule has 0 saturated carbocycles. The molecule has 4 rings (SSSR count). The van der Waals surface area contributed by atoms with E-state index < -0.39 is 11.2 Å². The first kappa shape index (κ1) is 28.1. The molecule has 39 heavy (non-hydrogen) atoms. The standard InChI is InChI=1S/C31H33N3O4S/c1-4-38-30(37)24-13-15-25(16-14-24)32-31-34(18-8-11-23-9-6-5-7-10-23)28(35)20-27(39-31)29(36)33-26-17-12-21(2)19-22(26)3/h5-7,9-10,12-17,19,27H,4,8,11,18,20H2,1-3H3,(H,33,36). The first-order valence-electron chi connectivity index (χ1n) is 13.1. The van der Waals surface area contributed by atoms with Gasteiger partial charge in [-0.3, -0.25) is 14.5 Å². The van der Waals surface area contributed by atoms with Gasteiger partial charge >= 0.3 is 5.97 Å². The predicted octanol–water partition coefficient (Wildman–Crippen LogP) is 6.07. The summed E-state index contributed by atoms with van der Waals surface area (Å²) in [6.07, 6.45) is 1.68. The summed E-state index contributed by atoms with van der Waals surface area (Å²) in [6.45, 7) is 6.50. The highest BCUT2D eigenvalue weighted by Crippen LogP contribution is 2.31. The Kier molecular flexibility index (Phi) is 9.54.